The minimum Gasteiger partial charge on any atom is -0.300 e. The SMILES string of the molecule is Cc1ccccc1CSc1nnc(NC(=O)C23CC4CC(CC(C4)C2)C3)s1. The molecular weight excluding hydrogens is 374 g/mol. The first-order valence-electron chi connectivity index (χ1n) is 9.92. The molecule has 1 aromatic carbocycles. The lowest BCUT2D eigenvalue weighted by Gasteiger charge is -2.55. The monoisotopic (exact) mass is 399 g/mol. The van der Waals surface area contributed by atoms with Crippen LogP contribution >= 0.6 is 23.1 Å². The van der Waals surface area contributed by atoms with Gasteiger partial charge in [0.1, 0.15) is 0 Å². The summed E-state index contributed by atoms with van der Waals surface area (Å²) in [6.45, 7) is 2.13. The molecule has 4 aliphatic rings. The van der Waals surface area contributed by atoms with Gasteiger partial charge in [-0.3, -0.25) is 4.79 Å². The molecule has 27 heavy (non-hydrogen) atoms. The molecule has 0 aliphatic heterocycles. The van der Waals surface area contributed by atoms with Gasteiger partial charge in [-0.25, -0.2) is 0 Å². The third kappa shape index (κ3) is 3.42. The van der Waals surface area contributed by atoms with Crippen LogP contribution in [-0.2, 0) is 10.5 Å². The number of thioether (sulfide) groups is 1. The highest BCUT2D eigenvalue weighted by Crippen LogP contribution is 2.60. The van der Waals surface area contributed by atoms with E-state index in [-0.39, 0.29) is 11.3 Å². The van der Waals surface area contributed by atoms with E-state index in [9.17, 15) is 4.79 Å². The number of nitrogens with one attached hydrogen (secondary N) is 1. The number of aromatic nitrogens is 2. The van der Waals surface area contributed by atoms with Crippen LogP contribution in [0.3, 0.4) is 0 Å². The third-order valence-corrected chi connectivity index (χ3v) is 8.78. The van der Waals surface area contributed by atoms with Gasteiger partial charge in [-0.15, -0.1) is 10.2 Å². The van der Waals surface area contributed by atoms with Crippen LogP contribution in [0.2, 0.25) is 0 Å². The number of hydrogen-bond acceptors (Lipinski definition) is 5. The minimum atomic E-state index is -0.130. The largest absolute Gasteiger partial charge is 0.300 e. The fourth-order valence-electron chi connectivity index (χ4n) is 5.85. The average molecular weight is 400 g/mol. The highest BCUT2D eigenvalue weighted by molar-refractivity contribution is 8.00. The highest BCUT2D eigenvalue weighted by Gasteiger charge is 2.54. The maximum Gasteiger partial charge on any atom is 0.232 e. The van der Waals surface area contributed by atoms with E-state index < -0.39 is 0 Å². The molecule has 1 N–H and O–H groups in total. The predicted molar refractivity (Wildman–Crippen MR) is 110 cm³/mol. The van der Waals surface area contributed by atoms with Crippen LogP contribution in [0.25, 0.3) is 0 Å². The number of nitrogens with zero attached hydrogens (tertiary/aromatic N) is 2. The summed E-state index contributed by atoms with van der Waals surface area (Å²) in [7, 11) is 0. The Bertz CT molecular complexity index is 827. The highest BCUT2D eigenvalue weighted by atomic mass is 32.2. The lowest BCUT2D eigenvalue weighted by Crippen LogP contribution is -2.51. The van der Waals surface area contributed by atoms with E-state index in [4.69, 9.17) is 0 Å². The Labute approximate surface area is 168 Å². The number of carbonyl (C=O) groups is 1. The van der Waals surface area contributed by atoms with E-state index in [0.29, 0.717) is 5.13 Å². The third-order valence-electron chi connectivity index (χ3n) is 6.76. The molecule has 1 aromatic heterocycles. The first-order valence-corrected chi connectivity index (χ1v) is 11.7. The van der Waals surface area contributed by atoms with Gasteiger partial charge in [-0.05, 0) is 74.3 Å². The van der Waals surface area contributed by atoms with Gasteiger partial charge in [0.2, 0.25) is 11.0 Å². The molecule has 6 rings (SSSR count). The zero-order chi connectivity index (χ0) is 18.4. The van der Waals surface area contributed by atoms with Crippen LogP contribution in [0.1, 0.15) is 49.7 Å². The molecule has 4 aliphatic carbocycles. The summed E-state index contributed by atoms with van der Waals surface area (Å²) in [4.78, 5) is 13.1. The fourth-order valence-corrected chi connectivity index (χ4v) is 7.67. The van der Waals surface area contributed by atoms with Crippen molar-refractivity contribution in [1.29, 1.82) is 0 Å². The van der Waals surface area contributed by atoms with E-state index in [1.807, 2.05) is 0 Å². The van der Waals surface area contributed by atoms with Crippen LogP contribution in [0, 0.1) is 30.1 Å². The van der Waals surface area contributed by atoms with E-state index >= 15 is 0 Å². The van der Waals surface area contributed by atoms with E-state index in [1.165, 1.54) is 41.7 Å². The van der Waals surface area contributed by atoms with Gasteiger partial charge >= 0.3 is 0 Å². The average Bonchev–Trinajstić information content (AvgIpc) is 3.07. The maximum absolute atomic E-state index is 13.1. The van der Waals surface area contributed by atoms with Crippen LogP contribution in [0.5, 0.6) is 0 Å². The second-order valence-corrected chi connectivity index (χ2v) is 10.9. The van der Waals surface area contributed by atoms with Gasteiger partial charge in [0, 0.05) is 5.75 Å². The minimum absolute atomic E-state index is 0.130. The topological polar surface area (TPSA) is 54.9 Å². The molecule has 1 amide bonds. The zero-order valence-corrected chi connectivity index (χ0v) is 17.2. The van der Waals surface area contributed by atoms with Gasteiger partial charge in [0.15, 0.2) is 4.34 Å². The molecule has 0 spiro atoms. The van der Waals surface area contributed by atoms with E-state index in [2.05, 4.69) is 46.7 Å². The molecule has 4 fully saturated rings. The van der Waals surface area contributed by atoms with Crippen LogP contribution < -0.4 is 5.32 Å². The molecule has 4 nitrogen and oxygen atoms in total. The van der Waals surface area contributed by atoms with Crippen LogP contribution in [0.4, 0.5) is 5.13 Å². The number of aryl methyl sites for hydroxylation is 1. The smallest absolute Gasteiger partial charge is 0.232 e. The summed E-state index contributed by atoms with van der Waals surface area (Å²) in [6, 6.07) is 8.42. The molecule has 4 bridgehead atoms. The van der Waals surface area contributed by atoms with Gasteiger partial charge in [0.05, 0.1) is 5.41 Å². The summed E-state index contributed by atoms with van der Waals surface area (Å²) < 4.78 is 0.916. The van der Waals surface area contributed by atoms with E-state index in [0.717, 1.165) is 47.1 Å². The van der Waals surface area contributed by atoms with Crippen molar-refractivity contribution in [2.75, 3.05) is 5.32 Å². The number of anilines is 1. The molecule has 1 heterocycles. The lowest BCUT2D eigenvalue weighted by atomic mass is 9.49. The Kier molecular flexibility index (Phi) is 4.51. The number of carbonyl (C=O) groups excluding carboxylic acids is 1. The normalized spacial score (nSPS) is 31.2. The fraction of sp³-hybridized carbons (Fsp3) is 0.571. The number of amides is 1. The number of hydrogen-bond donors (Lipinski definition) is 1. The molecule has 6 heteroatoms. The van der Waals surface area contributed by atoms with Gasteiger partial charge in [0.25, 0.3) is 0 Å². The summed E-state index contributed by atoms with van der Waals surface area (Å²) in [5.41, 5.74) is 2.48. The van der Waals surface area contributed by atoms with Crippen molar-refractivity contribution in [3.8, 4) is 0 Å². The van der Waals surface area contributed by atoms with Crippen LogP contribution in [-0.4, -0.2) is 16.1 Å². The van der Waals surface area contributed by atoms with Gasteiger partial charge < -0.3 is 5.32 Å². The molecule has 0 saturated heterocycles. The molecule has 0 unspecified atom stereocenters. The lowest BCUT2D eigenvalue weighted by molar-refractivity contribution is -0.140. The predicted octanol–water partition coefficient (Wildman–Crippen LogP) is 5.29. The maximum atomic E-state index is 13.1. The Morgan fingerprint density at radius 3 is 2.48 bits per heavy atom. The Morgan fingerprint density at radius 2 is 1.81 bits per heavy atom. The van der Waals surface area contributed by atoms with Crippen molar-refractivity contribution in [3.05, 3.63) is 35.4 Å². The molecule has 0 radical (unpaired) electrons. The molecule has 142 valence electrons. The summed E-state index contributed by atoms with van der Waals surface area (Å²) in [5, 5.41) is 12.3. The number of benzene rings is 1. The Balaban J connectivity index is 1.23. The summed E-state index contributed by atoms with van der Waals surface area (Å²) in [5.74, 6) is 3.41. The van der Waals surface area contributed by atoms with Crippen molar-refractivity contribution in [2.45, 2.75) is 55.5 Å². The molecule has 2 aromatic rings. The van der Waals surface area contributed by atoms with Crippen molar-refractivity contribution in [3.63, 3.8) is 0 Å². The molecule has 0 atom stereocenters. The first-order chi connectivity index (χ1) is 13.1. The summed E-state index contributed by atoms with van der Waals surface area (Å²) in [6.07, 6.45) is 7.30. The molecular formula is C21H25N3OS2. The van der Waals surface area contributed by atoms with Gasteiger partial charge in [-0.2, -0.15) is 0 Å². The zero-order valence-electron chi connectivity index (χ0n) is 15.6. The second-order valence-electron chi connectivity index (χ2n) is 8.74. The molecule has 4 saturated carbocycles. The Morgan fingerprint density at radius 1 is 1.15 bits per heavy atom. The van der Waals surface area contributed by atoms with Crippen LogP contribution in [0.15, 0.2) is 28.6 Å². The number of rotatable bonds is 5. The van der Waals surface area contributed by atoms with Crippen molar-refractivity contribution in [2.24, 2.45) is 23.2 Å². The standard InChI is InChI=1S/C21H25N3OS2/c1-13-4-2-3-5-17(13)12-26-20-24-23-19(27-20)22-18(25)21-9-14-6-15(10-21)8-16(7-14)11-21/h2-5,14-16H,6-12H2,1H3,(H,22,23,25). The van der Waals surface area contributed by atoms with E-state index in [1.54, 1.807) is 11.8 Å². The second kappa shape index (κ2) is 6.89. The van der Waals surface area contributed by atoms with Crippen molar-refractivity contribution >= 4 is 34.1 Å². The summed E-state index contributed by atoms with van der Waals surface area (Å²) >= 11 is 3.19. The first kappa shape index (κ1) is 17.7. The quantitative estimate of drug-likeness (QED) is 0.548. The van der Waals surface area contributed by atoms with Gasteiger partial charge in [-0.1, -0.05) is 47.4 Å². The van der Waals surface area contributed by atoms with Crippen molar-refractivity contribution in [1.82, 2.24) is 10.2 Å². The Hall–Kier alpha value is -1.40. The van der Waals surface area contributed by atoms with Crippen molar-refractivity contribution < 1.29 is 4.79 Å².